The van der Waals surface area contributed by atoms with Gasteiger partial charge in [0, 0.05) is 6.54 Å². The number of benzene rings is 1. The van der Waals surface area contributed by atoms with Crippen LogP contribution in [0, 0.1) is 5.92 Å². The monoisotopic (exact) mass is 505 g/mol. The van der Waals surface area contributed by atoms with Gasteiger partial charge in [-0.25, -0.2) is 4.79 Å². The molecule has 3 unspecified atom stereocenters. The quantitative estimate of drug-likeness (QED) is 0.371. The van der Waals surface area contributed by atoms with Crippen molar-refractivity contribution in [3.63, 3.8) is 0 Å². The maximum Gasteiger partial charge on any atom is 0.408 e. The summed E-state index contributed by atoms with van der Waals surface area (Å²) in [7, 11) is 1.19. The standard InChI is InChI=1S/C26H39N3O7/c1-8-17(3)21(28-25(34)36-26(4,5)6)24(33)29(13-14-30)22(23(32)27-16-20(31)35-7)19-12-10-11-18(9-2)15-19/h9-12,15,17,21-22,30H,2,8,13-14,16H2,1,3-7H3,(H,27,32)(H,28,34). The number of rotatable bonds is 12. The summed E-state index contributed by atoms with van der Waals surface area (Å²) in [6.45, 7) is 11.5. The van der Waals surface area contributed by atoms with Crippen molar-refractivity contribution in [3.8, 4) is 0 Å². The third kappa shape index (κ3) is 9.33. The molecule has 0 spiro atoms. The molecule has 0 aliphatic heterocycles. The highest BCUT2D eigenvalue weighted by molar-refractivity contribution is 5.93. The SMILES string of the molecule is C=Cc1cccc(C(C(=O)NCC(=O)OC)N(CCO)C(=O)C(NC(=O)OC(C)(C)C)C(C)CC)c1. The van der Waals surface area contributed by atoms with E-state index in [0.717, 1.165) is 0 Å². The number of amides is 3. The second-order valence-electron chi connectivity index (χ2n) is 9.34. The molecule has 10 heteroatoms. The molecule has 36 heavy (non-hydrogen) atoms. The Hall–Kier alpha value is -3.40. The summed E-state index contributed by atoms with van der Waals surface area (Å²) in [5.41, 5.74) is 0.371. The van der Waals surface area contributed by atoms with Crippen LogP contribution in [0.2, 0.25) is 0 Å². The lowest BCUT2D eigenvalue weighted by Crippen LogP contribution is -2.56. The maximum absolute atomic E-state index is 13.9. The van der Waals surface area contributed by atoms with Gasteiger partial charge in [0.25, 0.3) is 0 Å². The normalized spacial score (nSPS) is 13.5. The number of hydrogen-bond donors (Lipinski definition) is 3. The second kappa shape index (κ2) is 14.2. The third-order valence-electron chi connectivity index (χ3n) is 5.43. The Morgan fingerprint density at radius 2 is 1.89 bits per heavy atom. The predicted octanol–water partition coefficient (Wildman–Crippen LogP) is 2.42. The molecule has 1 aromatic carbocycles. The van der Waals surface area contributed by atoms with Gasteiger partial charge in [-0.1, -0.05) is 51.1 Å². The average molecular weight is 506 g/mol. The van der Waals surface area contributed by atoms with Crippen molar-refractivity contribution in [1.82, 2.24) is 15.5 Å². The lowest BCUT2D eigenvalue weighted by molar-refractivity contribution is -0.145. The van der Waals surface area contributed by atoms with Crippen molar-refractivity contribution in [2.75, 3.05) is 26.8 Å². The molecule has 200 valence electrons. The Morgan fingerprint density at radius 3 is 2.42 bits per heavy atom. The van der Waals surface area contributed by atoms with Crippen LogP contribution >= 0.6 is 0 Å². The van der Waals surface area contributed by atoms with E-state index in [1.807, 2.05) is 6.92 Å². The van der Waals surface area contributed by atoms with E-state index in [-0.39, 0.29) is 12.5 Å². The zero-order valence-corrected chi connectivity index (χ0v) is 22.0. The van der Waals surface area contributed by atoms with Crippen molar-refractivity contribution in [3.05, 3.63) is 42.0 Å². The van der Waals surface area contributed by atoms with Gasteiger partial charge in [-0.3, -0.25) is 14.4 Å². The van der Waals surface area contributed by atoms with E-state index >= 15 is 0 Å². The van der Waals surface area contributed by atoms with E-state index in [4.69, 9.17) is 4.74 Å². The molecule has 0 aliphatic carbocycles. The first-order valence-electron chi connectivity index (χ1n) is 11.9. The van der Waals surface area contributed by atoms with Crippen LogP contribution in [-0.2, 0) is 23.9 Å². The first-order chi connectivity index (χ1) is 16.9. The summed E-state index contributed by atoms with van der Waals surface area (Å²) in [4.78, 5) is 52.6. The Morgan fingerprint density at radius 1 is 1.22 bits per heavy atom. The van der Waals surface area contributed by atoms with Crippen molar-refractivity contribution in [2.24, 2.45) is 5.92 Å². The van der Waals surface area contributed by atoms with E-state index in [2.05, 4.69) is 21.9 Å². The van der Waals surface area contributed by atoms with E-state index in [1.54, 1.807) is 58.0 Å². The smallest absolute Gasteiger partial charge is 0.408 e. The zero-order chi connectivity index (χ0) is 27.5. The van der Waals surface area contributed by atoms with Gasteiger partial charge in [-0.2, -0.15) is 0 Å². The number of carbonyl (C=O) groups is 4. The molecular formula is C26H39N3O7. The van der Waals surface area contributed by atoms with Gasteiger partial charge in [-0.15, -0.1) is 0 Å². The molecule has 1 rings (SSSR count). The lowest BCUT2D eigenvalue weighted by atomic mass is 9.95. The van der Waals surface area contributed by atoms with E-state index in [9.17, 15) is 24.3 Å². The summed E-state index contributed by atoms with van der Waals surface area (Å²) >= 11 is 0. The van der Waals surface area contributed by atoms with Crippen LogP contribution < -0.4 is 10.6 Å². The average Bonchev–Trinajstić information content (AvgIpc) is 2.83. The predicted molar refractivity (Wildman–Crippen MR) is 136 cm³/mol. The Bertz CT molecular complexity index is 926. The summed E-state index contributed by atoms with van der Waals surface area (Å²) in [5.74, 6) is -2.20. The van der Waals surface area contributed by atoms with Crippen molar-refractivity contribution < 1.29 is 33.8 Å². The fourth-order valence-corrected chi connectivity index (χ4v) is 3.43. The zero-order valence-electron chi connectivity index (χ0n) is 22.0. The van der Waals surface area contributed by atoms with Gasteiger partial charge in [0.2, 0.25) is 11.8 Å². The van der Waals surface area contributed by atoms with E-state index < -0.39 is 54.7 Å². The highest BCUT2D eigenvalue weighted by Crippen LogP contribution is 2.25. The van der Waals surface area contributed by atoms with Crippen LogP contribution in [0.3, 0.4) is 0 Å². The van der Waals surface area contributed by atoms with Crippen LogP contribution in [-0.4, -0.2) is 72.3 Å². The molecule has 0 aliphatic rings. The molecule has 0 radical (unpaired) electrons. The maximum atomic E-state index is 13.9. The van der Waals surface area contributed by atoms with Crippen LogP contribution in [0.5, 0.6) is 0 Å². The minimum atomic E-state index is -1.21. The molecule has 10 nitrogen and oxygen atoms in total. The number of nitrogens with one attached hydrogen (secondary N) is 2. The van der Waals surface area contributed by atoms with Gasteiger partial charge in [0.05, 0.1) is 13.7 Å². The summed E-state index contributed by atoms with van der Waals surface area (Å²) in [6.07, 6.45) is 1.37. The van der Waals surface area contributed by atoms with Crippen molar-refractivity contribution >= 4 is 30.0 Å². The minimum Gasteiger partial charge on any atom is -0.468 e. The van der Waals surface area contributed by atoms with Gasteiger partial charge >= 0.3 is 12.1 Å². The molecule has 3 atom stereocenters. The number of carbonyl (C=O) groups excluding carboxylic acids is 4. The number of aliphatic hydroxyl groups is 1. The number of aliphatic hydroxyl groups excluding tert-OH is 1. The topological polar surface area (TPSA) is 134 Å². The minimum absolute atomic E-state index is 0.198. The van der Waals surface area contributed by atoms with Crippen LogP contribution in [0.15, 0.2) is 30.8 Å². The van der Waals surface area contributed by atoms with Gasteiger partial charge in [-0.05, 0) is 43.9 Å². The molecule has 0 aromatic heterocycles. The summed E-state index contributed by atoms with van der Waals surface area (Å²) in [6, 6.07) is 4.60. The highest BCUT2D eigenvalue weighted by atomic mass is 16.6. The van der Waals surface area contributed by atoms with Crippen LogP contribution in [0.4, 0.5) is 4.79 Å². The number of hydrogen-bond acceptors (Lipinski definition) is 7. The fourth-order valence-electron chi connectivity index (χ4n) is 3.43. The Balaban J connectivity index is 3.49. The van der Waals surface area contributed by atoms with Gasteiger partial charge in [0.15, 0.2) is 0 Å². The Labute approximate surface area is 213 Å². The number of methoxy groups -OCH3 is 1. The largest absolute Gasteiger partial charge is 0.468 e. The van der Waals surface area contributed by atoms with Crippen molar-refractivity contribution in [2.45, 2.75) is 58.7 Å². The molecule has 0 saturated heterocycles. The number of ether oxygens (including phenoxy) is 2. The first-order valence-corrected chi connectivity index (χ1v) is 11.9. The lowest BCUT2D eigenvalue weighted by Gasteiger charge is -2.35. The molecule has 0 bridgehead atoms. The van der Waals surface area contributed by atoms with Crippen LogP contribution in [0.25, 0.3) is 6.08 Å². The molecule has 0 heterocycles. The number of alkyl carbamates (subject to hydrolysis) is 1. The molecular weight excluding hydrogens is 466 g/mol. The first kappa shape index (κ1) is 30.6. The molecule has 0 saturated carbocycles. The molecule has 0 fully saturated rings. The van der Waals surface area contributed by atoms with Gasteiger partial charge < -0.3 is 30.1 Å². The number of nitrogens with zero attached hydrogens (tertiary/aromatic N) is 1. The summed E-state index contributed by atoms with van der Waals surface area (Å²) in [5, 5.41) is 14.9. The Kier molecular flexibility index (Phi) is 12.1. The van der Waals surface area contributed by atoms with E-state index in [0.29, 0.717) is 17.5 Å². The third-order valence-corrected chi connectivity index (χ3v) is 5.43. The van der Waals surface area contributed by atoms with Gasteiger partial charge in [0.1, 0.15) is 24.2 Å². The summed E-state index contributed by atoms with van der Waals surface area (Å²) < 4.78 is 9.94. The second-order valence-corrected chi connectivity index (χ2v) is 9.34. The fraction of sp³-hybridized carbons (Fsp3) is 0.538. The molecule has 3 amide bonds. The highest BCUT2D eigenvalue weighted by Gasteiger charge is 2.38. The molecule has 3 N–H and O–H groups in total. The molecule has 1 aromatic rings. The number of esters is 1. The van der Waals surface area contributed by atoms with Crippen LogP contribution in [0.1, 0.15) is 58.2 Å². The van der Waals surface area contributed by atoms with E-state index in [1.165, 1.54) is 12.0 Å². The van der Waals surface area contributed by atoms with Crippen molar-refractivity contribution in [1.29, 1.82) is 0 Å².